The molecule has 0 aliphatic heterocycles. The SMILES string of the molecule is CCCCCCCCCCCC[N+](C)(C)c1ncnc2nc[nH]c12.[Cl-]. The van der Waals surface area contributed by atoms with Gasteiger partial charge in [0.2, 0.25) is 0 Å². The van der Waals surface area contributed by atoms with Crippen LogP contribution < -0.4 is 16.9 Å². The van der Waals surface area contributed by atoms with Crippen LogP contribution in [0.5, 0.6) is 0 Å². The minimum Gasteiger partial charge on any atom is -1.00 e. The van der Waals surface area contributed by atoms with Crippen molar-refractivity contribution in [3.8, 4) is 0 Å². The minimum atomic E-state index is 0. The highest BCUT2D eigenvalue weighted by Crippen LogP contribution is 2.24. The Labute approximate surface area is 158 Å². The van der Waals surface area contributed by atoms with Crippen LogP contribution in [0.4, 0.5) is 5.82 Å². The highest BCUT2D eigenvalue weighted by Gasteiger charge is 2.24. The molecule has 142 valence electrons. The summed E-state index contributed by atoms with van der Waals surface area (Å²) in [5, 5.41) is 0. The van der Waals surface area contributed by atoms with E-state index in [-0.39, 0.29) is 12.4 Å². The smallest absolute Gasteiger partial charge is 0.256 e. The summed E-state index contributed by atoms with van der Waals surface area (Å²) in [5.74, 6) is 1.04. The van der Waals surface area contributed by atoms with Gasteiger partial charge in [0.1, 0.15) is 6.33 Å². The number of aromatic nitrogens is 4. The van der Waals surface area contributed by atoms with Crippen LogP contribution in [0.25, 0.3) is 11.2 Å². The van der Waals surface area contributed by atoms with E-state index in [2.05, 4.69) is 41.0 Å². The Hall–Kier alpha value is -1.20. The first-order valence-corrected chi connectivity index (χ1v) is 9.63. The maximum Gasteiger partial charge on any atom is 0.256 e. The second kappa shape index (κ2) is 11.4. The number of hydrogen-bond donors (Lipinski definition) is 1. The molecule has 0 atom stereocenters. The van der Waals surface area contributed by atoms with E-state index in [1.165, 1.54) is 64.2 Å². The summed E-state index contributed by atoms with van der Waals surface area (Å²) in [6.45, 7) is 3.38. The Bertz CT molecular complexity index is 596. The van der Waals surface area contributed by atoms with E-state index < -0.39 is 0 Å². The molecule has 0 radical (unpaired) electrons. The quantitative estimate of drug-likeness (QED) is 0.460. The number of nitrogens with one attached hydrogen (secondary N) is 1. The fourth-order valence-corrected chi connectivity index (χ4v) is 3.31. The van der Waals surface area contributed by atoms with E-state index >= 15 is 0 Å². The molecule has 2 aromatic heterocycles. The number of halogens is 1. The molecule has 0 saturated heterocycles. The summed E-state index contributed by atoms with van der Waals surface area (Å²) in [4.78, 5) is 16.1. The van der Waals surface area contributed by atoms with E-state index in [0.29, 0.717) is 0 Å². The first kappa shape index (κ1) is 21.8. The van der Waals surface area contributed by atoms with Crippen molar-refractivity contribution in [1.29, 1.82) is 0 Å². The highest BCUT2D eigenvalue weighted by molar-refractivity contribution is 5.81. The molecule has 2 aromatic rings. The predicted octanol–water partition coefficient (Wildman–Crippen LogP) is 1.84. The molecule has 1 N–H and O–H groups in total. The molecule has 0 aliphatic rings. The van der Waals surface area contributed by atoms with Gasteiger partial charge in [0.05, 0.1) is 27.0 Å². The van der Waals surface area contributed by atoms with Crippen molar-refractivity contribution in [2.45, 2.75) is 71.1 Å². The van der Waals surface area contributed by atoms with Crippen LogP contribution in [-0.2, 0) is 0 Å². The molecule has 0 aromatic carbocycles. The van der Waals surface area contributed by atoms with Crippen molar-refractivity contribution in [2.24, 2.45) is 0 Å². The van der Waals surface area contributed by atoms with Crippen molar-refractivity contribution in [2.75, 3.05) is 20.6 Å². The van der Waals surface area contributed by atoms with Crippen LogP contribution in [0.2, 0.25) is 0 Å². The summed E-state index contributed by atoms with van der Waals surface area (Å²) in [6.07, 6.45) is 17.0. The normalized spacial score (nSPS) is 11.6. The van der Waals surface area contributed by atoms with Gasteiger partial charge in [-0.3, -0.25) is 4.48 Å². The number of nitrogens with zero attached hydrogens (tertiary/aromatic N) is 4. The Morgan fingerprint density at radius 3 is 2.08 bits per heavy atom. The van der Waals surface area contributed by atoms with Crippen LogP contribution in [0.1, 0.15) is 71.1 Å². The van der Waals surface area contributed by atoms with Crippen molar-refractivity contribution in [3.63, 3.8) is 0 Å². The van der Waals surface area contributed by atoms with E-state index in [9.17, 15) is 0 Å². The first-order valence-electron chi connectivity index (χ1n) is 9.63. The lowest BCUT2D eigenvalue weighted by Crippen LogP contribution is -3.00. The molecule has 0 bridgehead atoms. The third kappa shape index (κ3) is 6.90. The van der Waals surface area contributed by atoms with E-state index in [0.717, 1.165) is 28.0 Å². The summed E-state index contributed by atoms with van der Waals surface area (Å²) in [7, 11) is 4.44. The van der Waals surface area contributed by atoms with Crippen molar-refractivity contribution >= 4 is 17.0 Å². The van der Waals surface area contributed by atoms with Crippen LogP contribution in [-0.4, -0.2) is 40.6 Å². The zero-order valence-corrected chi connectivity index (χ0v) is 16.9. The standard InChI is InChI=1S/C19H34N5.ClH/c1-4-5-6-7-8-9-10-11-12-13-14-24(2,3)19-17-18(21-15-20-17)22-16-23-19;/h15-16H,4-14H2,1-3H3,(H,20,21,22,23);1H/q+1;/p-1. The second-order valence-electron chi connectivity index (χ2n) is 7.39. The molecule has 0 fully saturated rings. The Kier molecular flexibility index (Phi) is 9.98. The Morgan fingerprint density at radius 1 is 0.840 bits per heavy atom. The number of rotatable bonds is 12. The molecule has 0 saturated carbocycles. The average Bonchev–Trinajstić information content (AvgIpc) is 3.05. The maximum absolute atomic E-state index is 4.50. The lowest BCUT2D eigenvalue weighted by Gasteiger charge is -2.27. The molecule has 2 heterocycles. The summed E-state index contributed by atoms with van der Waals surface area (Å²) in [6, 6.07) is 0. The van der Waals surface area contributed by atoms with Gasteiger partial charge in [-0.05, 0) is 12.8 Å². The van der Waals surface area contributed by atoms with Crippen LogP contribution in [0, 0.1) is 0 Å². The molecule has 0 aliphatic carbocycles. The lowest BCUT2D eigenvalue weighted by atomic mass is 10.1. The number of fused-ring (bicyclic) bond motifs is 1. The summed E-state index contributed by atoms with van der Waals surface area (Å²) < 4.78 is 0.776. The topological polar surface area (TPSA) is 54.5 Å². The third-order valence-corrected chi connectivity index (χ3v) is 4.85. The second-order valence-corrected chi connectivity index (χ2v) is 7.39. The van der Waals surface area contributed by atoms with Gasteiger partial charge in [-0.2, -0.15) is 4.98 Å². The lowest BCUT2D eigenvalue weighted by molar-refractivity contribution is -0.00000559. The van der Waals surface area contributed by atoms with Gasteiger partial charge < -0.3 is 17.4 Å². The van der Waals surface area contributed by atoms with Crippen molar-refractivity contribution in [3.05, 3.63) is 12.7 Å². The van der Waals surface area contributed by atoms with E-state index in [1.807, 2.05) is 0 Å². The molecular weight excluding hydrogens is 334 g/mol. The summed E-state index contributed by atoms with van der Waals surface area (Å²) in [5.41, 5.74) is 1.73. The molecule has 25 heavy (non-hydrogen) atoms. The first-order chi connectivity index (χ1) is 11.6. The fraction of sp³-hybridized carbons (Fsp3) is 0.737. The van der Waals surface area contributed by atoms with Gasteiger partial charge in [-0.25, -0.2) is 9.97 Å². The zero-order chi connectivity index (χ0) is 17.3. The number of imidazole rings is 1. The van der Waals surface area contributed by atoms with Crippen molar-refractivity contribution < 1.29 is 12.4 Å². The molecule has 0 amide bonds. The fourth-order valence-electron chi connectivity index (χ4n) is 3.31. The Balaban J connectivity index is 0.00000312. The van der Waals surface area contributed by atoms with Crippen LogP contribution >= 0.6 is 0 Å². The molecule has 5 nitrogen and oxygen atoms in total. The van der Waals surface area contributed by atoms with Crippen molar-refractivity contribution in [1.82, 2.24) is 24.4 Å². The Morgan fingerprint density at radius 2 is 1.44 bits per heavy atom. The predicted molar refractivity (Wildman–Crippen MR) is 102 cm³/mol. The van der Waals surface area contributed by atoms with Crippen LogP contribution in [0.3, 0.4) is 0 Å². The highest BCUT2D eigenvalue weighted by atomic mass is 35.5. The van der Waals surface area contributed by atoms with Gasteiger partial charge in [0, 0.05) is 0 Å². The van der Waals surface area contributed by atoms with Gasteiger partial charge in [0.15, 0.2) is 11.2 Å². The molecular formula is C19H34ClN5. The zero-order valence-electron chi connectivity index (χ0n) is 16.1. The number of H-pyrrole nitrogens is 1. The van der Waals surface area contributed by atoms with E-state index in [4.69, 9.17) is 0 Å². The molecule has 2 rings (SSSR count). The number of quaternary nitrogens is 1. The van der Waals surface area contributed by atoms with Gasteiger partial charge >= 0.3 is 0 Å². The number of aromatic amines is 1. The monoisotopic (exact) mass is 367 g/mol. The average molecular weight is 368 g/mol. The van der Waals surface area contributed by atoms with Crippen LogP contribution in [0.15, 0.2) is 12.7 Å². The third-order valence-electron chi connectivity index (χ3n) is 4.85. The van der Waals surface area contributed by atoms with Gasteiger partial charge in [-0.1, -0.05) is 58.3 Å². The number of hydrogen-bond acceptors (Lipinski definition) is 3. The molecule has 0 unspecified atom stereocenters. The maximum atomic E-state index is 4.50. The van der Waals surface area contributed by atoms with E-state index in [1.54, 1.807) is 12.7 Å². The summed E-state index contributed by atoms with van der Waals surface area (Å²) >= 11 is 0. The number of unbranched alkanes of at least 4 members (excludes halogenated alkanes) is 9. The largest absolute Gasteiger partial charge is 1.00 e. The van der Waals surface area contributed by atoms with Gasteiger partial charge in [0.25, 0.3) is 5.82 Å². The molecule has 6 heteroatoms. The van der Waals surface area contributed by atoms with Gasteiger partial charge in [-0.15, -0.1) is 0 Å². The molecule has 0 spiro atoms. The minimum absolute atomic E-state index is 0.